The van der Waals surface area contributed by atoms with Crippen LogP contribution in [0.2, 0.25) is 5.02 Å². The Morgan fingerprint density at radius 3 is 2.38 bits per heavy atom. The molecule has 0 aliphatic carbocycles. The Bertz CT molecular complexity index is 1040. The molecule has 0 atom stereocenters. The van der Waals surface area contributed by atoms with E-state index in [1.165, 1.54) is 0 Å². The smallest absolute Gasteiger partial charge is 0.254 e. The summed E-state index contributed by atoms with van der Waals surface area (Å²) in [5, 5.41) is 5.33. The Morgan fingerprint density at radius 1 is 0.966 bits per heavy atom. The summed E-state index contributed by atoms with van der Waals surface area (Å²) in [4.78, 5) is 23.9. The number of rotatable bonds is 6. The average molecular weight is 417 g/mol. The molecule has 0 unspecified atom stereocenters. The summed E-state index contributed by atoms with van der Waals surface area (Å²) in [6.45, 7) is -0.381. The molecule has 0 aromatic heterocycles. The highest BCUT2D eigenvalue weighted by atomic mass is 35.5. The second kappa shape index (κ2) is 9.16. The fourth-order valence-electron chi connectivity index (χ4n) is 2.40. The van der Waals surface area contributed by atoms with Crippen LogP contribution in [0.4, 0.5) is 14.5 Å². The van der Waals surface area contributed by atoms with Crippen molar-refractivity contribution in [1.29, 1.82) is 0 Å². The second-order valence-electron chi connectivity index (χ2n) is 5.91. The zero-order valence-corrected chi connectivity index (χ0v) is 15.7. The molecule has 0 aliphatic rings. The van der Waals surface area contributed by atoms with E-state index in [4.69, 9.17) is 16.3 Å². The number of amides is 2. The first kappa shape index (κ1) is 20.3. The fourth-order valence-corrected chi connectivity index (χ4v) is 2.57. The van der Waals surface area contributed by atoms with Crippen LogP contribution < -0.4 is 15.4 Å². The maximum absolute atomic E-state index is 13.6. The molecular weight excluding hydrogens is 402 g/mol. The maximum atomic E-state index is 13.6. The van der Waals surface area contributed by atoms with Gasteiger partial charge in [0, 0.05) is 11.8 Å². The van der Waals surface area contributed by atoms with E-state index in [9.17, 15) is 18.4 Å². The van der Waals surface area contributed by atoms with E-state index < -0.39 is 23.4 Å². The SMILES string of the molecule is O=C(CNC(=O)c1ccc(F)cc1F)Nc1ccc(Oc2ccccc2Cl)cc1. The van der Waals surface area contributed by atoms with E-state index in [1.54, 1.807) is 48.5 Å². The van der Waals surface area contributed by atoms with Gasteiger partial charge in [0.05, 0.1) is 17.1 Å². The third-order valence-electron chi connectivity index (χ3n) is 3.79. The molecule has 3 aromatic carbocycles. The molecule has 8 heteroatoms. The van der Waals surface area contributed by atoms with Gasteiger partial charge in [-0.3, -0.25) is 9.59 Å². The average Bonchev–Trinajstić information content (AvgIpc) is 2.69. The third-order valence-corrected chi connectivity index (χ3v) is 4.10. The summed E-state index contributed by atoms with van der Waals surface area (Å²) in [5.41, 5.74) is 0.129. The normalized spacial score (nSPS) is 10.3. The molecule has 148 valence electrons. The predicted molar refractivity (Wildman–Crippen MR) is 105 cm³/mol. The molecule has 2 amide bonds. The van der Waals surface area contributed by atoms with Crippen LogP contribution in [0.25, 0.3) is 0 Å². The van der Waals surface area contributed by atoms with Crippen LogP contribution in [-0.2, 0) is 4.79 Å². The number of carbonyl (C=O) groups is 2. The molecule has 3 aromatic rings. The van der Waals surface area contributed by atoms with Crippen molar-refractivity contribution in [3.8, 4) is 11.5 Å². The molecule has 0 saturated heterocycles. The third kappa shape index (κ3) is 5.52. The Labute approximate surface area is 170 Å². The van der Waals surface area contributed by atoms with Crippen molar-refractivity contribution in [2.24, 2.45) is 0 Å². The van der Waals surface area contributed by atoms with Crippen molar-refractivity contribution < 1.29 is 23.1 Å². The van der Waals surface area contributed by atoms with Crippen LogP contribution in [0.3, 0.4) is 0 Å². The van der Waals surface area contributed by atoms with Crippen LogP contribution >= 0.6 is 11.6 Å². The first-order valence-electron chi connectivity index (χ1n) is 8.48. The molecule has 0 heterocycles. The van der Waals surface area contributed by atoms with Gasteiger partial charge in [0.25, 0.3) is 5.91 Å². The van der Waals surface area contributed by atoms with Gasteiger partial charge in [-0.1, -0.05) is 23.7 Å². The largest absolute Gasteiger partial charge is 0.456 e. The Kier molecular flexibility index (Phi) is 6.41. The summed E-state index contributed by atoms with van der Waals surface area (Å²) >= 11 is 6.04. The summed E-state index contributed by atoms with van der Waals surface area (Å²) in [6.07, 6.45) is 0. The first-order valence-corrected chi connectivity index (χ1v) is 8.86. The topological polar surface area (TPSA) is 67.4 Å². The lowest BCUT2D eigenvalue weighted by Gasteiger charge is -2.10. The molecule has 0 aliphatic heterocycles. The van der Waals surface area contributed by atoms with E-state index in [2.05, 4.69) is 10.6 Å². The van der Waals surface area contributed by atoms with Crippen molar-refractivity contribution in [2.75, 3.05) is 11.9 Å². The summed E-state index contributed by atoms with van der Waals surface area (Å²) in [7, 11) is 0. The monoisotopic (exact) mass is 416 g/mol. The second-order valence-corrected chi connectivity index (χ2v) is 6.32. The zero-order chi connectivity index (χ0) is 20.8. The number of anilines is 1. The number of ether oxygens (including phenoxy) is 1. The molecule has 5 nitrogen and oxygen atoms in total. The number of hydrogen-bond donors (Lipinski definition) is 2. The van der Waals surface area contributed by atoms with Gasteiger partial charge in [-0.25, -0.2) is 8.78 Å². The molecule has 0 fully saturated rings. The molecule has 0 saturated carbocycles. The van der Waals surface area contributed by atoms with Crippen molar-refractivity contribution in [1.82, 2.24) is 5.32 Å². The van der Waals surface area contributed by atoms with Crippen LogP contribution in [0.15, 0.2) is 66.7 Å². The highest BCUT2D eigenvalue weighted by Crippen LogP contribution is 2.29. The summed E-state index contributed by atoms with van der Waals surface area (Å²) in [5.74, 6) is -2.10. The van der Waals surface area contributed by atoms with E-state index in [1.807, 2.05) is 0 Å². The quantitative estimate of drug-likeness (QED) is 0.607. The van der Waals surface area contributed by atoms with Gasteiger partial charge in [0.2, 0.25) is 5.91 Å². The fraction of sp³-hybridized carbons (Fsp3) is 0.0476. The van der Waals surface area contributed by atoms with Gasteiger partial charge in [0.1, 0.15) is 23.1 Å². The van der Waals surface area contributed by atoms with E-state index in [0.717, 1.165) is 12.1 Å². The van der Waals surface area contributed by atoms with Gasteiger partial charge in [0.15, 0.2) is 0 Å². The van der Waals surface area contributed by atoms with Crippen molar-refractivity contribution in [3.05, 3.63) is 89.0 Å². The van der Waals surface area contributed by atoms with Crippen molar-refractivity contribution in [3.63, 3.8) is 0 Å². The number of carbonyl (C=O) groups excluding carboxylic acids is 2. The number of nitrogens with one attached hydrogen (secondary N) is 2. The minimum atomic E-state index is -1.00. The predicted octanol–water partition coefficient (Wildman–Crippen LogP) is 4.78. The number of hydrogen-bond acceptors (Lipinski definition) is 3. The van der Waals surface area contributed by atoms with E-state index >= 15 is 0 Å². The minimum Gasteiger partial charge on any atom is -0.456 e. The molecular formula is C21H15ClF2N2O3. The van der Waals surface area contributed by atoms with Crippen LogP contribution in [0.1, 0.15) is 10.4 Å². The van der Waals surface area contributed by atoms with Crippen molar-refractivity contribution in [2.45, 2.75) is 0 Å². The molecule has 2 N–H and O–H groups in total. The van der Waals surface area contributed by atoms with Crippen molar-refractivity contribution >= 4 is 29.1 Å². The van der Waals surface area contributed by atoms with Crippen LogP contribution in [0.5, 0.6) is 11.5 Å². The van der Waals surface area contributed by atoms with E-state index in [0.29, 0.717) is 28.3 Å². The minimum absolute atomic E-state index is 0.347. The van der Waals surface area contributed by atoms with Gasteiger partial charge in [-0.05, 0) is 48.5 Å². The summed E-state index contributed by atoms with van der Waals surface area (Å²) < 4.78 is 32.1. The lowest BCUT2D eigenvalue weighted by Crippen LogP contribution is -2.33. The number of benzene rings is 3. The first-order chi connectivity index (χ1) is 13.9. The molecule has 0 bridgehead atoms. The highest BCUT2D eigenvalue weighted by molar-refractivity contribution is 6.32. The molecule has 3 rings (SSSR count). The van der Waals surface area contributed by atoms with E-state index in [-0.39, 0.29) is 12.1 Å². The number of para-hydroxylation sites is 1. The molecule has 0 radical (unpaired) electrons. The molecule has 0 spiro atoms. The van der Waals surface area contributed by atoms with Crippen LogP contribution in [0, 0.1) is 11.6 Å². The van der Waals surface area contributed by atoms with Crippen LogP contribution in [-0.4, -0.2) is 18.4 Å². The Balaban J connectivity index is 1.53. The van der Waals surface area contributed by atoms with Gasteiger partial charge in [-0.2, -0.15) is 0 Å². The zero-order valence-electron chi connectivity index (χ0n) is 14.9. The highest BCUT2D eigenvalue weighted by Gasteiger charge is 2.13. The van der Waals surface area contributed by atoms with Gasteiger partial charge >= 0.3 is 0 Å². The number of halogens is 3. The lowest BCUT2D eigenvalue weighted by atomic mass is 10.2. The molecule has 29 heavy (non-hydrogen) atoms. The standard InChI is InChI=1S/C21H15ClF2N2O3/c22-17-3-1-2-4-19(17)29-15-8-6-14(7-9-15)26-20(27)12-25-21(28)16-10-5-13(23)11-18(16)24/h1-11H,12H2,(H,25,28)(H,26,27). The Morgan fingerprint density at radius 2 is 1.69 bits per heavy atom. The maximum Gasteiger partial charge on any atom is 0.254 e. The summed E-state index contributed by atoms with van der Waals surface area (Å²) in [6, 6.07) is 16.1. The lowest BCUT2D eigenvalue weighted by molar-refractivity contribution is -0.115. The van der Waals surface area contributed by atoms with Gasteiger partial charge in [-0.15, -0.1) is 0 Å². The Hall–Kier alpha value is -3.45. The van der Waals surface area contributed by atoms with Gasteiger partial charge < -0.3 is 15.4 Å².